The van der Waals surface area contributed by atoms with Crippen molar-refractivity contribution in [3.05, 3.63) is 36.2 Å². The van der Waals surface area contributed by atoms with E-state index < -0.39 is 6.04 Å². The Bertz CT molecular complexity index is 655. The van der Waals surface area contributed by atoms with Crippen LogP contribution in [0.25, 0.3) is 11.0 Å². The van der Waals surface area contributed by atoms with Gasteiger partial charge in [-0.3, -0.25) is 14.8 Å². The molecular weight excluding hydrogens is 266 g/mol. The number of fused-ring (bicyclic) bond motifs is 1. The van der Waals surface area contributed by atoms with Gasteiger partial charge < -0.3 is 5.73 Å². The lowest BCUT2D eigenvalue weighted by molar-refractivity contribution is -0.123. The molecule has 6 nitrogen and oxygen atoms in total. The largest absolute Gasteiger partial charge is 0.320 e. The normalized spacial score (nSPS) is 14.2. The molecule has 21 heavy (non-hydrogen) atoms. The van der Waals surface area contributed by atoms with Crippen LogP contribution in [0.2, 0.25) is 0 Å². The lowest BCUT2D eigenvalue weighted by Crippen LogP contribution is -2.42. The maximum Gasteiger partial charge on any atom is 0.257 e. The van der Waals surface area contributed by atoms with Crippen molar-refractivity contribution < 1.29 is 4.79 Å². The van der Waals surface area contributed by atoms with Crippen molar-refractivity contribution >= 4 is 23.2 Å². The maximum absolute atomic E-state index is 11.8. The van der Waals surface area contributed by atoms with Gasteiger partial charge in [0, 0.05) is 12.4 Å². The average molecular weight is 285 g/mol. The Balaban J connectivity index is 2.01. The highest BCUT2D eigenvalue weighted by atomic mass is 16.2. The van der Waals surface area contributed by atoms with E-state index in [9.17, 15) is 4.79 Å². The SMILES string of the molecule is CC[C@@H](C)[C@@H](N)C(=O)N/N=C\c1ccc2nccnc2c1. The van der Waals surface area contributed by atoms with Crippen molar-refractivity contribution in [1.82, 2.24) is 15.4 Å². The van der Waals surface area contributed by atoms with Gasteiger partial charge in [-0.15, -0.1) is 0 Å². The number of carbonyl (C=O) groups excluding carboxylic acids is 1. The lowest BCUT2D eigenvalue weighted by atomic mass is 10.00. The van der Waals surface area contributed by atoms with Crippen LogP contribution in [0.15, 0.2) is 35.7 Å². The number of rotatable bonds is 5. The van der Waals surface area contributed by atoms with Crippen LogP contribution in [0.5, 0.6) is 0 Å². The van der Waals surface area contributed by atoms with Gasteiger partial charge in [-0.05, 0) is 23.6 Å². The molecule has 0 saturated carbocycles. The van der Waals surface area contributed by atoms with E-state index in [0.29, 0.717) is 0 Å². The van der Waals surface area contributed by atoms with Gasteiger partial charge in [0.15, 0.2) is 0 Å². The molecule has 0 spiro atoms. The van der Waals surface area contributed by atoms with E-state index in [-0.39, 0.29) is 11.8 Å². The minimum atomic E-state index is -0.547. The van der Waals surface area contributed by atoms with Crippen LogP contribution in [-0.4, -0.2) is 28.1 Å². The smallest absolute Gasteiger partial charge is 0.257 e. The predicted molar refractivity (Wildman–Crippen MR) is 82.7 cm³/mol. The lowest BCUT2D eigenvalue weighted by Gasteiger charge is -2.15. The quantitative estimate of drug-likeness (QED) is 0.642. The Morgan fingerprint density at radius 2 is 2.10 bits per heavy atom. The maximum atomic E-state index is 11.8. The van der Waals surface area contributed by atoms with Crippen LogP contribution >= 0.6 is 0 Å². The Morgan fingerprint density at radius 1 is 1.38 bits per heavy atom. The molecule has 0 radical (unpaired) electrons. The van der Waals surface area contributed by atoms with Gasteiger partial charge in [0.25, 0.3) is 5.91 Å². The molecule has 110 valence electrons. The highest BCUT2D eigenvalue weighted by molar-refractivity contribution is 5.88. The topological polar surface area (TPSA) is 93.3 Å². The van der Waals surface area contributed by atoms with Crippen molar-refractivity contribution in [3.8, 4) is 0 Å². The molecule has 3 N–H and O–H groups in total. The van der Waals surface area contributed by atoms with Crippen molar-refractivity contribution in [1.29, 1.82) is 0 Å². The number of carbonyl (C=O) groups is 1. The van der Waals surface area contributed by atoms with E-state index >= 15 is 0 Å². The van der Waals surface area contributed by atoms with E-state index in [4.69, 9.17) is 5.73 Å². The fourth-order valence-electron chi connectivity index (χ4n) is 1.82. The summed E-state index contributed by atoms with van der Waals surface area (Å²) in [5.41, 5.74) is 10.7. The van der Waals surface area contributed by atoms with Gasteiger partial charge in [-0.1, -0.05) is 26.3 Å². The van der Waals surface area contributed by atoms with Crippen LogP contribution in [-0.2, 0) is 4.79 Å². The van der Waals surface area contributed by atoms with Crippen molar-refractivity contribution in [3.63, 3.8) is 0 Å². The summed E-state index contributed by atoms with van der Waals surface area (Å²) >= 11 is 0. The summed E-state index contributed by atoms with van der Waals surface area (Å²) in [5, 5.41) is 3.93. The van der Waals surface area contributed by atoms with Gasteiger partial charge in [0.05, 0.1) is 23.3 Å². The third kappa shape index (κ3) is 3.82. The molecule has 0 bridgehead atoms. The first-order valence-corrected chi connectivity index (χ1v) is 6.91. The number of amides is 1. The van der Waals surface area contributed by atoms with Crippen LogP contribution in [0.4, 0.5) is 0 Å². The summed E-state index contributed by atoms with van der Waals surface area (Å²) < 4.78 is 0. The molecular formula is C15H19N5O. The third-order valence-corrected chi connectivity index (χ3v) is 3.44. The molecule has 2 rings (SSSR count). The third-order valence-electron chi connectivity index (χ3n) is 3.44. The minimum absolute atomic E-state index is 0.121. The van der Waals surface area contributed by atoms with Crippen molar-refractivity contribution in [2.24, 2.45) is 16.8 Å². The molecule has 2 atom stereocenters. The number of hydrazone groups is 1. The van der Waals surface area contributed by atoms with E-state index in [1.807, 2.05) is 32.0 Å². The monoisotopic (exact) mass is 285 g/mol. The van der Waals surface area contributed by atoms with E-state index in [1.54, 1.807) is 18.6 Å². The summed E-state index contributed by atoms with van der Waals surface area (Å²) in [5.74, 6) is -0.155. The van der Waals surface area contributed by atoms with Crippen LogP contribution in [0.3, 0.4) is 0 Å². The second kappa shape index (κ2) is 6.90. The molecule has 0 aliphatic heterocycles. The predicted octanol–water partition coefficient (Wildman–Crippen LogP) is 1.45. The standard InChI is InChI=1S/C15H19N5O/c1-3-10(2)14(16)15(21)20-19-9-11-4-5-12-13(8-11)18-7-6-17-12/h4-10,14H,3,16H2,1-2H3,(H,20,21)/b19-9-/t10-,14-/m1/s1. The molecule has 1 heterocycles. The van der Waals surface area contributed by atoms with Crippen molar-refractivity contribution in [2.75, 3.05) is 0 Å². The minimum Gasteiger partial charge on any atom is -0.320 e. The fraction of sp³-hybridized carbons (Fsp3) is 0.333. The zero-order chi connectivity index (χ0) is 15.2. The molecule has 0 aliphatic rings. The average Bonchev–Trinajstić information content (AvgIpc) is 2.53. The summed E-state index contributed by atoms with van der Waals surface area (Å²) in [7, 11) is 0. The molecule has 0 aliphatic carbocycles. The highest BCUT2D eigenvalue weighted by Crippen LogP contribution is 2.09. The molecule has 0 unspecified atom stereocenters. The van der Waals surface area contributed by atoms with Gasteiger partial charge >= 0.3 is 0 Å². The van der Waals surface area contributed by atoms with Crippen molar-refractivity contribution in [2.45, 2.75) is 26.3 Å². The number of hydrogen-bond donors (Lipinski definition) is 2. The first-order chi connectivity index (χ1) is 10.1. The van der Waals surface area contributed by atoms with Gasteiger partial charge in [0.2, 0.25) is 0 Å². The van der Waals surface area contributed by atoms with E-state index in [2.05, 4.69) is 20.5 Å². The molecule has 1 amide bonds. The summed E-state index contributed by atoms with van der Waals surface area (Å²) in [6, 6.07) is 5.03. The number of hydrogen-bond acceptors (Lipinski definition) is 5. The van der Waals surface area contributed by atoms with Crippen LogP contribution in [0.1, 0.15) is 25.8 Å². The Morgan fingerprint density at radius 3 is 2.81 bits per heavy atom. The number of nitrogens with zero attached hydrogens (tertiary/aromatic N) is 3. The molecule has 2 aromatic rings. The molecule has 1 aromatic heterocycles. The fourth-order valence-corrected chi connectivity index (χ4v) is 1.82. The highest BCUT2D eigenvalue weighted by Gasteiger charge is 2.18. The zero-order valence-corrected chi connectivity index (χ0v) is 12.2. The Kier molecular flexibility index (Phi) is 4.94. The molecule has 6 heteroatoms. The first kappa shape index (κ1) is 15.1. The van der Waals surface area contributed by atoms with Gasteiger partial charge in [-0.25, -0.2) is 5.43 Å². The summed E-state index contributed by atoms with van der Waals surface area (Å²) in [6.45, 7) is 3.94. The number of nitrogens with one attached hydrogen (secondary N) is 1. The molecule has 1 aromatic carbocycles. The number of nitrogens with two attached hydrogens (primary N) is 1. The van der Waals surface area contributed by atoms with Crippen LogP contribution in [0, 0.1) is 5.92 Å². The second-order valence-electron chi connectivity index (χ2n) is 4.95. The second-order valence-corrected chi connectivity index (χ2v) is 4.95. The summed E-state index contributed by atoms with van der Waals surface area (Å²) in [4.78, 5) is 20.2. The Labute approximate surface area is 123 Å². The van der Waals surface area contributed by atoms with Gasteiger partial charge in [0.1, 0.15) is 0 Å². The van der Waals surface area contributed by atoms with E-state index in [1.165, 1.54) is 0 Å². The number of benzene rings is 1. The van der Waals surface area contributed by atoms with Gasteiger partial charge in [-0.2, -0.15) is 5.10 Å². The van der Waals surface area contributed by atoms with Crippen LogP contribution < -0.4 is 11.2 Å². The summed E-state index contributed by atoms with van der Waals surface area (Å²) in [6.07, 6.45) is 5.69. The Hall–Kier alpha value is -2.34. The zero-order valence-electron chi connectivity index (χ0n) is 12.2. The number of aromatic nitrogens is 2. The first-order valence-electron chi connectivity index (χ1n) is 6.91. The molecule has 0 saturated heterocycles. The van der Waals surface area contributed by atoms with E-state index in [0.717, 1.165) is 23.0 Å². The molecule has 0 fully saturated rings.